The van der Waals surface area contributed by atoms with Crippen LogP contribution < -0.4 is 5.73 Å². The maximum atomic E-state index is 12.4. The summed E-state index contributed by atoms with van der Waals surface area (Å²) < 4.78 is 0. The van der Waals surface area contributed by atoms with Gasteiger partial charge in [0.25, 0.3) is 0 Å². The minimum absolute atomic E-state index is 0.0431. The smallest absolute Gasteiger partial charge is 0.139 e. The predicted octanol–water partition coefficient (Wildman–Crippen LogP) is 4.07. The molecule has 2 N–H and O–H groups in total. The van der Waals surface area contributed by atoms with E-state index in [1.165, 1.54) is 17.5 Å². The van der Waals surface area contributed by atoms with Gasteiger partial charge >= 0.3 is 0 Å². The van der Waals surface area contributed by atoms with Gasteiger partial charge in [-0.2, -0.15) is 0 Å². The average molecular weight is 307 g/mol. The Hall–Kier alpha value is -1.75. The van der Waals surface area contributed by atoms with Gasteiger partial charge in [-0.1, -0.05) is 12.8 Å². The Morgan fingerprint density at radius 3 is 2.83 bits per heavy atom. The molecule has 0 radical (unpaired) electrons. The summed E-state index contributed by atoms with van der Waals surface area (Å²) in [4.78, 5) is 12.4. The van der Waals surface area contributed by atoms with Crippen LogP contribution in [0.4, 0.5) is 5.69 Å². The van der Waals surface area contributed by atoms with Crippen molar-refractivity contribution in [2.75, 3.05) is 5.73 Å². The number of Topliss-reactive ketones (excluding diaryl/α,β-unsaturated/α-hetero) is 1. The van der Waals surface area contributed by atoms with Crippen LogP contribution in [0.5, 0.6) is 0 Å². The second-order valence-electron chi connectivity index (χ2n) is 7.85. The van der Waals surface area contributed by atoms with E-state index >= 15 is 0 Å². The number of fused-ring (bicyclic) bond motifs is 5. The molecule has 3 unspecified atom stereocenters. The summed E-state index contributed by atoms with van der Waals surface area (Å²) in [7, 11) is 0. The Kier molecular flexibility index (Phi) is 3.30. The zero-order chi connectivity index (χ0) is 16.2. The molecule has 3 aliphatic rings. The van der Waals surface area contributed by atoms with E-state index in [1.54, 1.807) is 0 Å². The van der Waals surface area contributed by atoms with Crippen molar-refractivity contribution in [2.45, 2.75) is 58.3 Å². The first-order valence-corrected chi connectivity index (χ1v) is 8.93. The third-order valence-corrected chi connectivity index (χ3v) is 6.86. The quantitative estimate of drug-likeness (QED) is 0.580. The van der Waals surface area contributed by atoms with E-state index in [0.717, 1.165) is 43.4 Å². The number of carbonyl (C=O) groups is 1. The molecule has 120 valence electrons. The van der Waals surface area contributed by atoms with Crippen LogP contribution in [0.1, 0.15) is 68.6 Å². The number of hydrogen-bond donors (Lipinski definition) is 1. The minimum atomic E-state index is -0.0431. The molecule has 4 rings (SSSR count). The van der Waals surface area contributed by atoms with Gasteiger partial charge in [0.1, 0.15) is 5.78 Å². The van der Waals surface area contributed by atoms with Gasteiger partial charge in [-0.05, 0) is 80.0 Å². The Labute approximate surface area is 138 Å². The van der Waals surface area contributed by atoms with E-state index in [-0.39, 0.29) is 5.41 Å². The number of benzene rings is 1. The van der Waals surface area contributed by atoms with Crippen molar-refractivity contribution >= 4 is 11.5 Å². The first-order valence-electron chi connectivity index (χ1n) is 8.93. The highest BCUT2D eigenvalue weighted by Gasteiger charge is 2.54. The van der Waals surface area contributed by atoms with E-state index in [2.05, 4.69) is 30.9 Å². The number of ketones is 1. The summed E-state index contributed by atoms with van der Waals surface area (Å²) in [5.41, 5.74) is 10.8. The van der Waals surface area contributed by atoms with E-state index in [0.29, 0.717) is 23.5 Å². The molecule has 0 bridgehead atoms. The third kappa shape index (κ3) is 2.06. The highest BCUT2D eigenvalue weighted by Crippen LogP contribution is 2.59. The number of rotatable bonds is 0. The van der Waals surface area contributed by atoms with Crippen LogP contribution in [0.3, 0.4) is 0 Å². The van der Waals surface area contributed by atoms with Crippen molar-refractivity contribution in [3.63, 3.8) is 0 Å². The molecule has 2 fully saturated rings. The lowest BCUT2D eigenvalue weighted by molar-refractivity contribution is -0.129. The van der Waals surface area contributed by atoms with Crippen LogP contribution in [0.25, 0.3) is 0 Å². The second kappa shape index (κ2) is 5.13. The van der Waals surface area contributed by atoms with Gasteiger partial charge in [0.05, 0.1) is 0 Å². The maximum Gasteiger partial charge on any atom is 0.139 e. The van der Waals surface area contributed by atoms with Gasteiger partial charge in [0.2, 0.25) is 0 Å². The maximum absolute atomic E-state index is 12.4. The fourth-order valence-corrected chi connectivity index (χ4v) is 5.65. The summed E-state index contributed by atoms with van der Waals surface area (Å²) in [5.74, 6) is 8.49. The molecule has 0 heterocycles. The molecule has 2 saturated carbocycles. The average Bonchev–Trinajstić information content (AvgIpc) is 2.84. The van der Waals surface area contributed by atoms with Crippen molar-refractivity contribution < 1.29 is 4.79 Å². The normalized spacial score (nSPS) is 34.9. The van der Waals surface area contributed by atoms with Crippen molar-refractivity contribution in [1.29, 1.82) is 0 Å². The van der Waals surface area contributed by atoms with Crippen LogP contribution >= 0.6 is 0 Å². The second-order valence-corrected chi connectivity index (χ2v) is 7.85. The number of hydrogen-bond acceptors (Lipinski definition) is 2. The standard InChI is InChI=1S/C21H25NO/c1-3-4-14-11-17-13(12-19(14)22)5-6-16-15(17)9-10-21(2)18(16)7-8-20(21)23/h11-12,15-16,18H,5-10,22H2,1-2H3/t15?,16?,18?,21-/m0/s1. The molecule has 0 saturated heterocycles. The lowest BCUT2D eigenvalue weighted by atomic mass is 9.55. The van der Waals surface area contributed by atoms with Crippen LogP contribution in [-0.4, -0.2) is 5.78 Å². The fraction of sp³-hybridized carbons (Fsp3) is 0.571. The van der Waals surface area contributed by atoms with Crippen LogP contribution in [0.15, 0.2) is 12.1 Å². The van der Waals surface area contributed by atoms with E-state index in [4.69, 9.17) is 5.73 Å². The third-order valence-electron chi connectivity index (χ3n) is 6.86. The van der Waals surface area contributed by atoms with Crippen LogP contribution in [0.2, 0.25) is 0 Å². The van der Waals surface area contributed by atoms with Gasteiger partial charge in [-0.3, -0.25) is 4.79 Å². The Bertz CT molecular complexity index is 738. The van der Waals surface area contributed by atoms with Crippen molar-refractivity contribution in [3.05, 3.63) is 28.8 Å². The van der Waals surface area contributed by atoms with E-state index in [9.17, 15) is 4.79 Å². The van der Waals surface area contributed by atoms with Crippen LogP contribution in [0, 0.1) is 29.1 Å². The van der Waals surface area contributed by atoms with E-state index < -0.39 is 0 Å². The summed E-state index contributed by atoms with van der Waals surface area (Å²) >= 11 is 0. The summed E-state index contributed by atoms with van der Waals surface area (Å²) in [5, 5.41) is 0. The molecule has 0 spiro atoms. The predicted molar refractivity (Wildman–Crippen MR) is 93.0 cm³/mol. The monoisotopic (exact) mass is 307 g/mol. The SMILES string of the molecule is CC#Cc1cc2c(cc1N)CCC1C2CC[C@]2(C)C(=O)CCC12. The van der Waals surface area contributed by atoms with Gasteiger partial charge in [-0.15, -0.1) is 5.92 Å². The van der Waals surface area contributed by atoms with Gasteiger partial charge in [-0.25, -0.2) is 0 Å². The zero-order valence-corrected chi connectivity index (χ0v) is 14.1. The number of nitrogen functional groups attached to an aromatic ring is 1. The molecule has 3 aliphatic carbocycles. The molecule has 2 nitrogen and oxygen atoms in total. The van der Waals surface area contributed by atoms with Gasteiger partial charge < -0.3 is 5.73 Å². The van der Waals surface area contributed by atoms with Crippen molar-refractivity contribution in [1.82, 2.24) is 0 Å². The van der Waals surface area contributed by atoms with Crippen LogP contribution in [-0.2, 0) is 11.2 Å². The fourth-order valence-electron chi connectivity index (χ4n) is 5.65. The Morgan fingerprint density at radius 1 is 1.22 bits per heavy atom. The molecule has 1 aromatic carbocycles. The summed E-state index contributed by atoms with van der Waals surface area (Å²) in [6.07, 6.45) is 6.40. The first-order chi connectivity index (χ1) is 11.0. The molecule has 0 amide bonds. The lowest BCUT2D eigenvalue weighted by Crippen LogP contribution is -2.42. The Morgan fingerprint density at radius 2 is 2.04 bits per heavy atom. The first kappa shape index (κ1) is 14.8. The van der Waals surface area contributed by atoms with Crippen molar-refractivity contribution in [3.8, 4) is 11.8 Å². The Balaban J connectivity index is 1.75. The molecular weight excluding hydrogens is 282 g/mol. The molecule has 2 heteroatoms. The number of nitrogens with two attached hydrogens (primary N) is 1. The summed E-state index contributed by atoms with van der Waals surface area (Å²) in [6.45, 7) is 4.09. The zero-order valence-electron chi connectivity index (χ0n) is 14.1. The number of carbonyl (C=O) groups excluding carboxylic acids is 1. The van der Waals surface area contributed by atoms with Gasteiger partial charge in [0, 0.05) is 23.1 Å². The molecular formula is C21H25NO. The highest BCUT2D eigenvalue weighted by molar-refractivity contribution is 5.87. The summed E-state index contributed by atoms with van der Waals surface area (Å²) in [6, 6.07) is 4.40. The van der Waals surface area contributed by atoms with Crippen molar-refractivity contribution in [2.24, 2.45) is 17.3 Å². The number of aryl methyl sites for hydroxylation is 1. The number of anilines is 1. The minimum Gasteiger partial charge on any atom is -0.398 e. The molecule has 4 atom stereocenters. The molecule has 0 aromatic heterocycles. The van der Waals surface area contributed by atoms with E-state index in [1.807, 2.05) is 6.92 Å². The molecule has 1 aromatic rings. The topological polar surface area (TPSA) is 43.1 Å². The largest absolute Gasteiger partial charge is 0.398 e. The highest BCUT2D eigenvalue weighted by atomic mass is 16.1. The van der Waals surface area contributed by atoms with Gasteiger partial charge in [0.15, 0.2) is 0 Å². The molecule has 0 aliphatic heterocycles. The lowest BCUT2D eigenvalue weighted by Gasteiger charge is -2.48. The molecule has 23 heavy (non-hydrogen) atoms.